The van der Waals surface area contributed by atoms with Crippen molar-refractivity contribution in [2.45, 2.75) is 44.6 Å². The molecule has 0 saturated carbocycles. The van der Waals surface area contributed by atoms with Gasteiger partial charge in [-0.1, -0.05) is 60.7 Å². The number of anilines is 1. The molecule has 4 aromatic carbocycles. The summed E-state index contributed by atoms with van der Waals surface area (Å²) in [4.78, 5) is 32.1. The number of hydrogen-bond donors (Lipinski definition) is 4. The molecule has 0 spiro atoms. The molecule has 0 unspecified atom stereocenters. The largest absolute Gasteiger partial charge is 0.506 e. The summed E-state index contributed by atoms with van der Waals surface area (Å²) in [5.74, 6) is 1.12. The first-order valence-corrected chi connectivity index (χ1v) is 17.7. The van der Waals surface area contributed by atoms with Gasteiger partial charge >= 0.3 is 6.09 Å². The predicted octanol–water partition coefficient (Wildman–Crippen LogP) is 5.92. The van der Waals surface area contributed by atoms with Crippen LogP contribution in [0.4, 0.5) is 10.5 Å². The molecular weight excluding hydrogens is 644 g/mol. The monoisotopic (exact) mass is 688 g/mol. The van der Waals surface area contributed by atoms with Crippen molar-refractivity contribution in [2.24, 2.45) is 5.92 Å². The number of aliphatic hydroxyl groups is 1. The number of ether oxygens (including phenoxy) is 2. The molecule has 0 aliphatic carbocycles. The normalized spacial score (nSPS) is 18.7. The molecule has 8 rings (SSSR count). The number of pyridine rings is 1. The van der Waals surface area contributed by atoms with Gasteiger partial charge in [-0.2, -0.15) is 0 Å². The van der Waals surface area contributed by atoms with Crippen LogP contribution in [0.25, 0.3) is 10.9 Å². The van der Waals surface area contributed by atoms with E-state index in [0.29, 0.717) is 48.6 Å². The number of nitrogens with one attached hydrogen (secondary N) is 2. The van der Waals surface area contributed by atoms with E-state index in [4.69, 9.17) is 9.47 Å². The molecule has 0 radical (unpaired) electrons. The Balaban J connectivity index is 0.926. The van der Waals surface area contributed by atoms with Crippen molar-refractivity contribution in [3.63, 3.8) is 0 Å². The number of H-pyrrole nitrogens is 1. The van der Waals surface area contributed by atoms with Gasteiger partial charge in [-0.25, -0.2) is 4.79 Å². The second-order valence-corrected chi connectivity index (χ2v) is 13.5. The molecule has 2 atom stereocenters. The highest BCUT2D eigenvalue weighted by molar-refractivity contribution is 5.88. The fourth-order valence-electron chi connectivity index (χ4n) is 7.20. The first-order valence-electron chi connectivity index (χ1n) is 17.7. The van der Waals surface area contributed by atoms with Gasteiger partial charge in [-0.3, -0.25) is 14.6 Å². The molecule has 1 amide bonds. The number of amides is 1. The van der Waals surface area contributed by atoms with Crippen LogP contribution in [0.3, 0.4) is 0 Å². The fraction of sp³-hybridized carbons (Fsp3) is 0.317. The number of aromatic amines is 1. The second-order valence-electron chi connectivity index (χ2n) is 13.5. The number of hydrogen-bond acceptors (Lipinski definition) is 8. The Hall–Kier alpha value is -5.16. The molecule has 4 N–H and O–H groups in total. The van der Waals surface area contributed by atoms with Crippen LogP contribution in [0.15, 0.2) is 108 Å². The van der Waals surface area contributed by atoms with Gasteiger partial charge in [-0.05, 0) is 103 Å². The number of piperidine rings is 3. The Morgan fingerprint density at radius 1 is 0.922 bits per heavy atom. The summed E-state index contributed by atoms with van der Waals surface area (Å²) in [7, 11) is 0. The van der Waals surface area contributed by atoms with Gasteiger partial charge in [0.15, 0.2) is 0 Å². The summed E-state index contributed by atoms with van der Waals surface area (Å²) < 4.78 is 12.3. The maximum Gasteiger partial charge on any atom is 0.414 e. The first kappa shape index (κ1) is 34.3. The van der Waals surface area contributed by atoms with E-state index in [2.05, 4.69) is 27.3 Å². The van der Waals surface area contributed by atoms with Gasteiger partial charge in [0.05, 0.1) is 18.2 Å². The zero-order valence-electron chi connectivity index (χ0n) is 28.5. The van der Waals surface area contributed by atoms with E-state index in [-0.39, 0.29) is 23.5 Å². The minimum atomic E-state index is -0.815. The third-order valence-corrected chi connectivity index (χ3v) is 9.97. The molecule has 10 heteroatoms. The van der Waals surface area contributed by atoms with Gasteiger partial charge in [-0.15, -0.1) is 0 Å². The molecule has 3 aliphatic rings. The lowest BCUT2D eigenvalue weighted by Gasteiger charge is -2.44. The standard InChI is InChI=1S/C41H44N4O6/c46-36-14-12-34(35-13-15-39(48)43-40(35)36)37(47)24-42-19-16-28-6-4-8-30(22-28)27-50-33-11-5-7-29(23-33)25-45(32-9-2-1-3-10-32)41(49)51-38-26-44-20-17-31(38)18-21-44/h1-15,22-23,31,37-38,42,46-47H,16-21,24-27H2,(H,43,48)/t37-,38-/m0/s1. The van der Waals surface area contributed by atoms with Gasteiger partial charge in [0.2, 0.25) is 5.56 Å². The van der Waals surface area contributed by atoms with Gasteiger partial charge < -0.3 is 30.0 Å². The number of aromatic nitrogens is 1. The predicted molar refractivity (Wildman–Crippen MR) is 197 cm³/mol. The summed E-state index contributed by atoms with van der Waals surface area (Å²) in [6, 6.07) is 31.9. The van der Waals surface area contributed by atoms with E-state index in [9.17, 15) is 19.8 Å². The lowest BCUT2D eigenvalue weighted by Crippen LogP contribution is -2.53. The van der Waals surface area contributed by atoms with Crippen LogP contribution in [0.1, 0.15) is 41.2 Å². The molecule has 1 aromatic heterocycles. The van der Waals surface area contributed by atoms with Gasteiger partial charge in [0.1, 0.15) is 24.2 Å². The molecule has 3 fully saturated rings. The van der Waals surface area contributed by atoms with Gasteiger partial charge in [0.25, 0.3) is 0 Å². The minimum Gasteiger partial charge on any atom is -0.506 e. The number of rotatable bonds is 13. The number of aliphatic hydroxyl groups excluding tert-OH is 1. The zero-order valence-corrected chi connectivity index (χ0v) is 28.5. The average molecular weight is 689 g/mol. The van der Waals surface area contributed by atoms with Gasteiger partial charge in [0, 0.05) is 30.2 Å². The fourth-order valence-corrected chi connectivity index (χ4v) is 7.20. The number of fused-ring (bicyclic) bond motifs is 4. The van der Waals surface area contributed by atoms with Crippen molar-refractivity contribution >= 4 is 22.7 Å². The van der Waals surface area contributed by atoms with E-state index in [1.807, 2.05) is 66.7 Å². The van der Waals surface area contributed by atoms with Crippen LogP contribution in [-0.2, 0) is 24.3 Å². The Kier molecular flexibility index (Phi) is 10.6. The minimum absolute atomic E-state index is 0.0328. The van der Waals surface area contributed by atoms with Crippen molar-refractivity contribution in [1.82, 2.24) is 15.2 Å². The van der Waals surface area contributed by atoms with Crippen LogP contribution in [-0.4, -0.2) is 65.0 Å². The zero-order chi connectivity index (χ0) is 35.2. The Bertz CT molecular complexity index is 2010. The van der Waals surface area contributed by atoms with Crippen molar-refractivity contribution in [2.75, 3.05) is 37.6 Å². The van der Waals surface area contributed by atoms with E-state index < -0.39 is 6.10 Å². The Morgan fingerprint density at radius 2 is 1.71 bits per heavy atom. The summed E-state index contributed by atoms with van der Waals surface area (Å²) in [6.07, 6.45) is 1.71. The van der Waals surface area contributed by atoms with Crippen LogP contribution in [0, 0.1) is 5.92 Å². The molecular formula is C41H44N4O6. The lowest BCUT2D eigenvalue weighted by molar-refractivity contribution is -0.0311. The average Bonchev–Trinajstić information content (AvgIpc) is 3.16. The second kappa shape index (κ2) is 15.8. The summed E-state index contributed by atoms with van der Waals surface area (Å²) >= 11 is 0. The third kappa shape index (κ3) is 8.42. The molecule has 3 saturated heterocycles. The smallest absolute Gasteiger partial charge is 0.414 e. The number of aromatic hydroxyl groups is 1. The molecule has 51 heavy (non-hydrogen) atoms. The Morgan fingerprint density at radius 3 is 2.51 bits per heavy atom. The van der Waals surface area contributed by atoms with Crippen molar-refractivity contribution < 1.29 is 24.5 Å². The van der Waals surface area contributed by atoms with E-state index >= 15 is 0 Å². The highest BCUT2D eigenvalue weighted by Gasteiger charge is 2.37. The third-order valence-electron chi connectivity index (χ3n) is 9.97. The summed E-state index contributed by atoms with van der Waals surface area (Å²) in [6.45, 7) is 4.71. The van der Waals surface area contributed by atoms with Crippen LogP contribution < -0.4 is 20.5 Å². The van der Waals surface area contributed by atoms with Crippen LogP contribution in [0.5, 0.6) is 11.5 Å². The number of nitrogens with zero attached hydrogens (tertiary/aromatic N) is 2. The van der Waals surface area contributed by atoms with E-state index in [1.54, 1.807) is 17.0 Å². The lowest BCUT2D eigenvalue weighted by atomic mass is 9.86. The van der Waals surface area contributed by atoms with Crippen molar-refractivity contribution in [3.05, 3.63) is 136 Å². The maximum atomic E-state index is 13.6. The molecule has 3 aliphatic heterocycles. The number of para-hydroxylation sites is 1. The molecule has 264 valence electrons. The van der Waals surface area contributed by atoms with Crippen molar-refractivity contribution in [3.8, 4) is 11.5 Å². The summed E-state index contributed by atoms with van der Waals surface area (Å²) in [5, 5.41) is 24.9. The van der Waals surface area contributed by atoms with Crippen LogP contribution in [0.2, 0.25) is 0 Å². The van der Waals surface area contributed by atoms with E-state index in [0.717, 1.165) is 67.0 Å². The Labute approximate surface area is 297 Å². The van der Waals surface area contributed by atoms with E-state index in [1.165, 1.54) is 12.1 Å². The number of carbonyl (C=O) groups is 1. The SMILES string of the molecule is O=C(O[C@H]1CN2CCC1CC2)N(Cc1cccc(OCc2cccc(CCNC[C@H](O)c3ccc(O)c4[nH]c(=O)ccc34)c2)c1)c1ccccc1. The molecule has 4 heterocycles. The highest BCUT2D eigenvalue weighted by atomic mass is 16.6. The topological polar surface area (TPSA) is 127 Å². The quantitative estimate of drug-likeness (QED) is 0.112. The van der Waals surface area contributed by atoms with Crippen LogP contribution >= 0.6 is 0 Å². The van der Waals surface area contributed by atoms with Crippen molar-refractivity contribution in [1.29, 1.82) is 0 Å². The first-order chi connectivity index (χ1) is 24.9. The number of phenols is 1. The number of carbonyl (C=O) groups excluding carboxylic acids is 1. The summed E-state index contributed by atoms with van der Waals surface area (Å²) in [5.41, 5.74) is 4.55. The highest BCUT2D eigenvalue weighted by Crippen LogP contribution is 2.31. The number of phenolic OH excluding ortho intramolecular Hbond substituents is 1. The molecule has 5 aromatic rings. The number of benzene rings is 4. The maximum absolute atomic E-state index is 13.6. The molecule has 2 bridgehead atoms. The molecule has 10 nitrogen and oxygen atoms in total.